The molecule has 1 heterocycles. The Labute approximate surface area is 180 Å². The van der Waals surface area contributed by atoms with Gasteiger partial charge in [-0.25, -0.2) is 5.43 Å². The molecule has 3 rings (SSSR count). The van der Waals surface area contributed by atoms with Crippen LogP contribution in [0, 0.1) is 0 Å². The Balaban J connectivity index is 1.50. The number of methoxy groups -OCH3 is 2. The molecule has 0 bridgehead atoms. The molecule has 0 saturated carbocycles. The van der Waals surface area contributed by atoms with Crippen LogP contribution in [0.4, 0.5) is 5.69 Å². The maximum Gasteiger partial charge on any atom is 0.244 e. The summed E-state index contributed by atoms with van der Waals surface area (Å²) in [4.78, 5) is 24.4. The SMILES string of the molecule is COc1ccc(CC(=O)N/N=C(/C)CC(=O)Nc2ccc3c(c2)OCCO3)cc1OC. The first-order valence-corrected chi connectivity index (χ1v) is 9.71. The highest BCUT2D eigenvalue weighted by atomic mass is 16.6. The molecule has 2 N–H and O–H groups in total. The lowest BCUT2D eigenvalue weighted by molar-refractivity contribution is -0.120. The molecule has 0 aliphatic carbocycles. The van der Waals surface area contributed by atoms with E-state index in [2.05, 4.69) is 15.8 Å². The van der Waals surface area contributed by atoms with E-state index in [0.29, 0.717) is 47.6 Å². The van der Waals surface area contributed by atoms with E-state index in [0.717, 1.165) is 5.56 Å². The molecular formula is C22H25N3O6. The number of hydrogen-bond donors (Lipinski definition) is 2. The lowest BCUT2D eigenvalue weighted by Gasteiger charge is -2.19. The van der Waals surface area contributed by atoms with Crippen LogP contribution in [-0.2, 0) is 16.0 Å². The monoisotopic (exact) mass is 427 g/mol. The summed E-state index contributed by atoms with van der Waals surface area (Å²) in [5.74, 6) is 1.81. The molecule has 0 atom stereocenters. The maximum atomic E-state index is 12.3. The van der Waals surface area contributed by atoms with Gasteiger partial charge in [0.15, 0.2) is 23.0 Å². The van der Waals surface area contributed by atoms with Gasteiger partial charge in [0.2, 0.25) is 11.8 Å². The summed E-state index contributed by atoms with van der Waals surface area (Å²) in [6.07, 6.45) is 0.144. The van der Waals surface area contributed by atoms with E-state index in [1.807, 2.05) is 0 Å². The summed E-state index contributed by atoms with van der Waals surface area (Å²) in [5.41, 5.74) is 4.28. The Kier molecular flexibility index (Phi) is 7.31. The zero-order chi connectivity index (χ0) is 22.2. The van der Waals surface area contributed by atoms with Gasteiger partial charge in [-0.3, -0.25) is 9.59 Å². The third kappa shape index (κ3) is 6.11. The third-order valence-electron chi connectivity index (χ3n) is 4.43. The van der Waals surface area contributed by atoms with E-state index >= 15 is 0 Å². The van der Waals surface area contributed by atoms with Crippen molar-refractivity contribution in [3.63, 3.8) is 0 Å². The lowest BCUT2D eigenvalue weighted by atomic mass is 10.1. The Morgan fingerprint density at radius 2 is 1.71 bits per heavy atom. The average Bonchev–Trinajstić information content (AvgIpc) is 2.77. The van der Waals surface area contributed by atoms with Crippen LogP contribution in [0.5, 0.6) is 23.0 Å². The van der Waals surface area contributed by atoms with Gasteiger partial charge in [0, 0.05) is 17.5 Å². The van der Waals surface area contributed by atoms with Gasteiger partial charge in [0.1, 0.15) is 13.2 Å². The van der Waals surface area contributed by atoms with Crippen LogP contribution in [0.25, 0.3) is 0 Å². The Bertz CT molecular complexity index is 989. The molecule has 2 aromatic carbocycles. The van der Waals surface area contributed by atoms with Gasteiger partial charge >= 0.3 is 0 Å². The number of amides is 2. The fourth-order valence-corrected chi connectivity index (χ4v) is 2.97. The van der Waals surface area contributed by atoms with Gasteiger partial charge < -0.3 is 24.3 Å². The molecule has 0 radical (unpaired) electrons. The first-order valence-electron chi connectivity index (χ1n) is 9.71. The summed E-state index contributed by atoms with van der Waals surface area (Å²) in [6, 6.07) is 10.4. The number of benzene rings is 2. The van der Waals surface area contributed by atoms with Gasteiger partial charge in [0.25, 0.3) is 0 Å². The van der Waals surface area contributed by atoms with Gasteiger partial charge in [-0.1, -0.05) is 6.07 Å². The lowest BCUT2D eigenvalue weighted by Crippen LogP contribution is -2.23. The highest BCUT2D eigenvalue weighted by Gasteiger charge is 2.13. The molecule has 0 aromatic heterocycles. The molecule has 1 aliphatic heterocycles. The summed E-state index contributed by atoms with van der Waals surface area (Å²) in [7, 11) is 3.08. The molecule has 31 heavy (non-hydrogen) atoms. The molecule has 2 amide bonds. The molecule has 0 spiro atoms. The molecule has 1 aliphatic rings. The van der Waals surface area contributed by atoms with Crippen molar-refractivity contribution in [3.05, 3.63) is 42.0 Å². The van der Waals surface area contributed by atoms with Crippen LogP contribution in [-0.4, -0.2) is 45.0 Å². The topological polar surface area (TPSA) is 107 Å². The molecule has 0 saturated heterocycles. The zero-order valence-electron chi connectivity index (χ0n) is 17.7. The minimum atomic E-state index is -0.307. The molecular weight excluding hydrogens is 402 g/mol. The second kappa shape index (κ2) is 10.3. The van der Waals surface area contributed by atoms with Crippen LogP contribution in [0.3, 0.4) is 0 Å². The van der Waals surface area contributed by atoms with E-state index in [-0.39, 0.29) is 24.7 Å². The fourth-order valence-electron chi connectivity index (χ4n) is 2.97. The third-order valence-corrected chi connectivity index (χ3v) is 4.43. The van der Waals surface area contributed by atoms with Crippen molar-refractivity contribution < 1.29 is 28.5 Å². The van der Waals surface area contributed by atoms with Crippen molar-refractivity contribution in [2.24, 2.45) is 5.10 Å². The van der Waals surface area contributed by atoms with Gasteiger partial charge in [-0.05, 0) is 36.8 Å². The van der Waals surface area contributed by atoms with Crippen LogP contribution in [0.1, 0.15) is 18.9 Å². The van der Waals surface area contributed by atoms with Crippen molar-refractivity contribution in [1.82, 2.24) is 5.43 Å². The minimum Gasteiger partial charge on any atom is -0.493 e. The molecule has 0 fully saturated rings. The van der Waals surface area contributed by atoms with Crippen molar-refractivity contribution >= 4 is 23.2 Å². The number of nitrogens with zero attached hydrogens (tertiary/aromatic N) is 1. The van der Waals surface area contributed by atoms with Crippen LogP contribution < -0.4 is 29.7 Å². The summed E-state index contributed by atoms with van der Waals surface area (Å²) < 4.78 is 21.4. The van der Waals surface area contributed by atoms with Crippen molar-refractivity contribution in [2.45, 2.75) is 19.8 Å². The van der Waals surface area contributed by atoms with Gasteiger partial charge in [0.05, 0.1) is 27.1 Å². The van der Waals surface area contributed by atoms with Crippen molar-refractivity contribution in [1.29, 1.82) is 0 Å². The quantitative estimate of drug-likeness (QED) is 0.495. The van der Waals surface area contributed by atoms with Gasteiger partial charge in [-0.2, -0.15) is 5.10 Å². The second-order valence-electron chi connectivity index (χ2n) is 6.83. The molecule has 0 unspecified atom stereocenters. The smallest absolute Gasteiger partial charge is 0.244 e. The van der Waals surface area contributed by atoms with Crippen molar-refractivity contribution in [2.75, 3.05) is 32.8 Å². The number of rotatable bonds is 8. The summed E-state index contributed by atoms with van der Waals surface area (Å²) in [6.45, 7) is 2.64. The number of carbonyl (C=O) groups excluding carboxylic acids is 2. The minimum absolute atomic E-state index is 0.0328. The normalized spacial score (nSPS) is 12.7. The molecule has 2 aromatic rings. The first-order chi connectivity index (χ1) is 15.0. The predicted octanol–water partition coefficient (Wildman–Crippen LogP) is 2.54. The van der Waals surface area contributed by atoms with Crippen LogP contribution >= 0.6 is 0 Å². The standard InChI is InChI=1S/C22H25N3O6/c1-14(10-21(26)23-16-5-7-18-20(13-16)31-9-8-30-18)24-25-22(27)12-15-4-6-17(28-2)19(11-15)29-3/h4-7,11,13H,8-10,12H2,1-3H3,(H,23,26)(H,25,27)/b24-14-. The number of ether oxygens (including phenoxy) is 4. The van der Waals surface area contributed by atoms with E-state index < -0.39 is 0 Å². The highest BCUT2D eigenvalue weighted by Crippen LogP contribution is 2.32. The number of carbonyl (C=O) groups is 2. The molecule has 9 heteroatoms. The Hall–Kier alpha value is -3.75. The number of hydrazone groups is 1. The zero-order valence-corrected chi connectivity index (χ0v) is 17.7. The molecule has 164 valence electrons. The van der Waals surface area contributed by atoms with Crippen LogP contribution in [0.15, 0.2) is 41.5 Å². The number of anilines is 1. The maximum absolute atomic E-state index is 12.3. The van der Waals surface area contributed by atoms with Gasteiger partial charge in [-0.15, -0.1) is 0 Å². The van der Waals surface area contributed by atoms with E-state index in [9.17, 15) is 9.59 Å². The average molecular weight is 427 g/mol. The predicted molar refractivity (Wildman–Crippen MR) is 115 cm³/mol. The Morgan fingerprint density at radius 3 is 2.45 bits per heavy atom. The first kappa shape index (κ1) is 21.9. The largest absolute Gasteiger partial charge is 0.493 e. The molecule has 9 nitrogen and oxygen atoms in total. The second-order valence-corrected chi connectivity index (χ2v) is 6.83. The van der Waals surface area contributed by atoms with Crippen molar-refractivity contribution in [3.8, 4) is 23.0 Å². The van der Waals surface area contributed by atoms with E-state index in [4.69, 9.17) is 18.9 Å². The van der Waals surface area contributed by atoms with Crippen LogP contribution in [0.2, 0.25) is 0 Å². The number of fused-ring (bicyclic) bond motifs is 1. The summed E-state index contributed by atoms with van der Waals surface area (Å²) >= 11 is 0. The van der Waals surface area contributed by atoms with E-state index in [1.54, 1.807) is 50.4 Å². The summed E-state index contributed by atoms with van der Waals surface area (Å²) in [5, 5.41) is 6.78. The number of hydrogen-bond acceptors (Lipinski definition) is 7. The number of nitrogens with one attached hydrogen (secondary N) is 2. The van der Waals surface area contributed by atoms with E-state index in [1.165, 1.54) is 7.11 Å². The Morgan fingerprint density at radius 1 is 0.968 bits per heavy atom. The highest BCUT2D eigenvalue weighted by molar-refractivity contribution is 6.05. The fraction of sp³-hybridized carbons (Fsp3) is 0.318.